The molecule has 6 nitrogen and oxygen atoms in total. The van der Waals surface area contributed by atoms with Crippen LogP contribution in [0.25, 0.3) is 6.08 Å². The van der Waals surface area contributed by atoms with Crippen LogP contribution in [-0.2, 0) is 4.79 Å². The number of nitrogens with one attached hydrogen (secondary N) is 1. The van der Waals surface area contributed by atoms with E-state index in [4.69, 9.17) is 5.11 Å². The summed E-state index contributed by atoms with van der Waals surface area (Å²) in [5, 5.41) is 30.6. The number of aromatic carboxylic acids is 1. The third-order valence-electron chi connectivity index (χ3n) is 2.86. The molecule has 0 saturated heterocycles. The Morgan fingerprint density at radius 3 is 2.32 bits per heavy atom. The van der Waals surface area contributed by atoms with Gasteiger partial charge in [-0.1, -0.05) is 30.3 Å². The van der Waals surface area contributed by atoms with Crippen molar-refractivity contribution < 1.29 is 24.9 Å². The van der Waals surface area contributed by atoms with E-state index in [0.29, 0.717) is 0 Å². The molecule has 2 aromatic rings. The molecule has 0 fully saturated rings. The lowest BCUT2D eigenvalue weighted by Crippen LogP contribution is -2.09. The first-order chi connectivity index (χ1) is 10.5. The summed E-state index contributed by atoms with van der Waals surface area (Å²) in [6.07, 6.45) is 2.76. The number of carboxylic acid groups (broad SMARTS) is 1. The van der Waals surface area contributed by atoms with E-state index in [-0.39, 0.29) is 5.69 Å². The minimum atomic E-state index is -1.37. The van der Waals surface area contributed by atoms with Crippen molar-refractivity contribution in [2.75, 3.05) is 5.32 Å². The molecular formula is C16H13NO5. The van der Waals surface area contributed by atoms with Crippen molar-refractivity contribution in [1.29, 1.82) is 0 Å². The smallest absolute Gasteiger partial charge is 0.339 e. The molecule has 112 valence electrons. The van der Waals surface area contributed by atoms with Gasteiger partial charge in [-0.05, 0) is 23.8 Å². The van der Waals surface area contributed by atoms with Crippen LogP contribution in [0, 0.1) is 0 Å². The van der Waals surface area contributed by atoms with Gasteiger partial charge < -0.3 is 20.6 Å². The number of carboxylic acids is 1. The highest BCUT2D eigenvalue weighted by molar-refractivity contribution is 6.05. The Hall–Kier alpha value is -3.28. The molecule has 6 heteroatoms. The van der Waals surface area contributed by atoms with E-state index >= 15 is 0 Å². The fourth-order valence-electron chi connectivity index (χ4n) is 1.78. The number of amides is 1. The van der Waals surface area contributed by atoms with Crippen LogP contribution in [0.2, 0.25) is 0 Å². The quantitative estimate of drug-likeness (QED) is 0.512. The van der Waals surface area contributed by atoms with Gasteiger partial charge in [-0.3, -0.25) is 4.79 Å². The molecule has 1 amide bonds. The number of benzene rings is 2. The molecular weight excluding hydrogens is 286 g/mol. The number of carbonyl (C=O) groups is 2. The van der Waals surface area contributed by atoms with E-state index in [1.165, 1.54) is 6.08 Å². The van der Waals surface area contributed by atoms with Crippen LogP contribution in [0.3, 0.4) is 0 Å². The number of anilines is 1. The molecule has 0 unspecified atom stereocenters. The van der Waals surface area contributed by atoms with Crippen molar-refractivity contribution in [2.45, 2.75) is 0 Å². The van der Waals surface area contributed by atoms with E-state index in [0.717, 1.165) is 17.7 Å². The SMILES string of the molecule is O=C(/C=C/c1ccccc1)Nc1c(O)ccc(C(=O)O)c1O. The maximum Gasteiger partial charge on any atom is 0.339 e. The third-order valence-corrected chi connectivity index (χ3v) is 2.86. The van der Waals surface area contributed by atoms with Crippen molar-refractivity contribution in [3.63, 3.8) is 0 Å². The normalized spacial score (nSPS) is 10.5. The maximum absolute atomic E-state index is 11.8. The Labute approximate surface area is 126 Å². The molecule has 0 aliphatic rings. The van der Waals surface area contributed by atoms with Crippen molar-refractivity contribution in [2.24, 2.45) is 0 Å². The summed E-state index contributed by atoms with van der Waals surface area (Å²) in [5.41, 5.74) is 0.0353. The van der Waals surface area contributed by atoms with Crippen molar-refractivity contribution in [1.82, 2.24) is 0 Å². The minimum Gasteiger partial charge on any atom is -0.506 e. The molecule has 2 rings (SSSR count). The fraction of sp³-hybridized carbons (Fsp3) is 0. The second-order valence-electron chi connectivity index (χ2n) is 4.39. The molecule has 0 heterocycles. The zero-order chi connectivity index (χ0) is 16.1. The molecule has 0 spiro atoms. The van der Waals surface area contributed by atoms with Gasteiger partial charge in [0, 0.05) is 6.08 Å². The predicted molar refractivity (Wildman–Crippen MR) is 80.8 cm³/mol. The Morgan fingerprint density at radius 2 is 1.68 bits per heavy atom. The average Bonchev–Trinajstić information content (AvgIpc) is 2.50. The van der Waals surface area contributed by atoms with Gasteiger partial charge in [-0.15, -0.1) is 0 Å². The third kappa shape index (κ3) is 3.43. The van der Waals surface area contributed by atoms with Gasteiger partial charge in [0.1, 0.15) is 17.0 Å². The highest BCUT2D eigenvalue weighted by Gasteiger charge is 2.17. The molecule has 0 bridgehead atoms. The first kappa shape index (κ1) is 15.1. The average molecular weight is 299 g/mol. The summed E-state index contributed by atoms with van der Waals surface area (Å²) in [5.74, 6) is -3.11. The highest BCUT2D eigenvalue weighted by Crippen LogP contribution is 2.36. The van der Waals surface area contributed by atoms with Crippen LogP contribution in [0.5, 0.6) is 11.5 Å². The van der Waals surface area contributed by atoms with E-state index in [9.17, 15) is 19.8 Å². The Morgan fingerprint density at radius 1 is 1.00 bits per heavy atom. The monoisotopic (exact) mass is 299 g/mol. The first-order valence-electron chi connectivity index (χ1n) is 6.31. The van der Waals surface area contributed by atoms with Crippen LogP contribution in [-0.4, -0.2) is 27.2 Å². The van der Waals surface area contributed by atoms with Crippen LogP contribution in [0.4, 0.5) is 5.69 Å². The second-order valence-corrected chi connectivity index (χ2v) is 4.39. The van der Waals surface area contributed by atoms with Crippen LogP contribution in [0.1, 0.15) is 15.9 Å². The van der Waals surface area contributed by atoms with Crippen LogP contribution in [0.15, 0.2) is 48.5 Å². The minimum absolute atomic E-state index is 0.345. The van der Waals surface area contributed by atoms with Crippen molar-refractivity contribution >= 4 is 23.6 Å². The first-order valence-corrected chi connectivity index (χ1v) is 6.31. The number of phenolic OH excluding ortho intramolecular Hbond substituents is 1. The predicted octanol–water partition coefficient (Wildman–Crippen LogP) is 2.45. The van der Waals surface area contributed by atoms with E-state index in [1.807, 2.05) is 18.2 Å². The summed E-state index contributed by atoms with van der Waals surface area (Å²) in [6.45, 7) is 0. The highest BCUT2D eigenvalue weighted by atomic mass is 16.4. The summed E-state index contributed by atoms with van der Waals surface area (Å²) in [4.78, 5) is 22.7. The van der Waals surface area contributed by atoms with Gasteiger partial charge in [0.05, 0.1) is 0 Å². The lowest BCUT2D eigenvalue weighted by Gasteiger charge is -2.09. The standard InChI is InChI=1S/C16H13NO5/c18-12-8-7-11(16(21)22)15(20)14(12)17-13(19)9-6-10-4-2-1-3-5-10/h1-9,18,20H,(H,17,19)(H,21,22)/b9-6+. The largest absolute Gasteiger partial charge is 0.506 e. The number of rotatable bonds is 4. The zero-order valence-corrected chi connectivity index (χ0v) is 11.4. The molecule has 0 atom stereocenters. The molecule has 0 aliphatic carbocycles. The van der Waals surface area contributed by atoms with Crippen LogP contribution < -0.4 is 5.32 Å². The van der Waals surface area contributed by atoms with Gasteiger partial charge in [-0.2, -0.15) is 0 Å². The fourth-order valence-corrected chi connectivity index (χ4v) is 1.78. The molecule has 0 saturated carbocycles. The molecule has 4 N–H and O–H groups in total. The van der Waals surface area contributed by atoms with Crippen molar-refractivity contribution in [3.05, 3.63) is 59.7 Å². The van der Waals surface area contributed by atoms with Gasteiger partial charge in [0.15, 0.2) is 5.75 Å². The van der Waals surface area contributed by atoms with Crippen molar-refractivity contribution in [3.8, 4) is 11.5 Å². The van der Waals surface area contributed by atoms with E-state index in [2.05, 4.69) is 5.32 Å². The van der Waals surface area contributed by atoms with Gasteiger partial charge in [0.25, 0.3) is 0 Å². The molecule has 0 aliphatic heterocycles. The van der Waals surface area contributed by atoms with Gasteiger partial charge in [0.2, 0.25) is 5.91 Å². The number of carbonyl (C=O) groups excluding carboxylic acids is 1. The molecule has 2 aromatic carbocycles. The summed E-state index contributed by atoms with van der Waals surface area (Å²) >= 11 is 0. The lowest BCUT2D eigenvalue weighted by molar-refractivity contribution is -0.111. The number of aromatic hydroxyl groups is 2. The molecule has 22 heavy (non-hydrogen) atoms. The topological polar surface area (TPSA) is 107 Å². The van der Waals surface area contributed by atoms with Gasteiger partial charge in [-0.25, -0.2) is 4.79 Å². The van der Waals surface area contributed by atoms with E-state index < -0.39 is 28.9 Å². The molecule has 0 aromatic heterocycles. The zero-order valence-electron chi connectivity index (χ0n) is 11.4. The lowest BCUT2D eigenvalue weighted by atomic mass is 10.1. The van der Waals surface area contributed by atoms with Crippen LogP contribution >= 0.6 is 0 Å². The van der Waals surface area contributed by atoms with Gasteiger partial charge >= 0.3 is 5.97 Å². The number of hydrogen-bond donors (Lipinski definition) is 4. The summed E-state index contributed by atoms with van der Waals surface area (Å²) < 4.78 is 0. The Bertz CT molecular complexity index is 738. The number of phenols is 2. The molecule has 0 radical (unpaired) electrons. The summed E-state index contributed by atoms with van der Waals surface area (Å²) in [7, 11) is 0. The Kier molecular flexibility index (Phi) is 4.43. The summed E-state index contributed by atoms with van der Waals surface area (Å²) in [6, 6.07) is 11.2. The second kappa shape index (κ2) is 6.45. The van der Waals surface area contributed by atoms with E-state index in [1.54, 1.807) is 18.2 Å². The number of hydrogen-bond acceptors (Lipinski definition) is 4. The maximum atomic E-state index is 11.8. The Balaban J connectivity index is 2.20.